The van der Waals surface area contributed by atoms with Crippen LogP contribution in [0.15, 0.2) is 24.3 Å². The summed E-state index contributed by atoms with van der Waals surface area (Å²) >= 11 is 0. The first-order valence-electron chi connectivity index (χ1n) is 5.01. The highest BCUT2D eigenvalue weighted by Gasteiger charge is 2.14. The first kappa shape index (κ1) is 13.0. The van der Waals surface area contributed by atoms with Crippen molar-refractivity contribution < 1.29 is 18.3 Å². The number of rotatable bonds is 5. The maximum Gasteiger partial charge on any atom is 0.150 e. The molecule has 0 saturated heterocycles. The van der Waals surface area contributed by atoms with Gasteiger partial charge in [-0.15, -0.1) is 0 Å². The molecule has 0 aromatic heterocycles. The molecule has 16 heavy (non-hydrogen) atoms. The quantitative estimate of drug-likeness (QED) is 0.844. The van der Waals surface area contributed by atoms with Gasteiger partial charge in [0.05, 0.1) is 18.5 Å². The van der Waals surface area contributed by atoms with Crippen molar-refractivity contribution in [2.75, 3.05) is 18.6 Å². The minimum atomic E-state index is -3.19. The van der Waals surface area contributed by atoms with Crippen LogP contribution in [-0.2, 0) is 9.84 Å². The van der Waals surface area contributed by atoms with E-state index in [-0.39, 0.29) is 5.75 Å². The molecule has 0 bridgehead atoms. The van der Waals surface area contributed by atoms with Crippen molar-refractivity contribution in [3.05, 3.63) is 29.8 Å². The molecule has 4 nitrogen and oxygen atoms in total. The van der Waals surface area contributed by atoms with Crippen LogP contribution >= 0.6 is 0 Å². The van der Waals surface area contributed by atoms with Crippen molar-refractivity contribution in [1.82, 2.24) is 0 Å². The lowest BCUT2D eigenvalue weighted by Crippen LogP contribution is -2.12. The van der Waals surface area contributed by atoms with Crippen molar-refractivity contribution in [3.63, 3.8) is 0 Å². The number of benzene rings is 1. The van der Waals surface area contributed by atoms with E-state index >= 15 is 0 Å². The second-order valence-corrected chi connectivity index (χ2v) is 5.80. The maximum absolute atomic E-state index is 11.0. The molecule has 0 aliphatic rings. The zero-order chi connectivity index (χ0) is 12.2. The monoisotopic (exact) mass is 244 g/mol. The van der Waals surface area contributed by atoms with Crippen molar-refractivity contribution >= 4 is 9.84 Å². The highest BCUT2D eigenvalue weighted by atomic mass is 32.2. The summed E-state index contributed by atoms with van der Waals surface area (Å²) in [5.74, 6) is 0.357. The van der Waals surface area contributed by atoms with Crippen LogP contribution in [0.4, 0.5) is 0 Å². The van der Waals surface area contributed by atoms with Crippen LogP contribution in [0.5, 0.6) is 5.75 Å². The average Bonchev–Trinajstić information content (AvgIpc) is 2.16. The summed E-state index contributed by atoms with van der Waals surface area (Å²) in [6, 6.07) is 6.82. The summed E-state index contributed by atoms with van der Waals surface area (Å²) in [6.45, 7) is 2.39. The molecule has 0 radical (unpaired) electrons. The summed E-state index contributed by atoms with van der Waals surface area (Å²) in [7, 11) is -3.19. The fourth-order valence-electron chi connectivity index (χ4n) is 1.36. The van der Waals surface area contributed by atoms with Crippen LogP contribution in [0.1, 0.15) is 18.6 Å². The second kappa shape index (κ2) is 5.32. The Hall–Kier alpha value is -1.07. The zero-order valence-corrected chi connectivity index (χ0v) is 10.2. The highest BCUT2D eigenvalue weighted by molar-refractivity contribution is 7.90. The van der Waals surface area contributed by atoms with E-state index in [1.165, 1.54) is 0 Å². The average molecular weight is 244 g/mol. The van der Waals surface area contributed by atoms with E-state index in [9.17, 15) is 13.5 Å². The lowest BCUT2D eigenvalue weighted by atomic mass is 10.1. The van der Waals surface area contributed by atoms with Gasteiger partial charge in [0, 0.05) is 6.26 Å². The molecule has 0 saturated carbocycles. The molecule has 0 aliphatic carbocycles. The normalized spacial score (nSPS) is 13.4. The fraction of sp³-hybridized carbons (Fsp3) is 0.455. The fourth-order valence-corrected chi connectivity index (χ4v) is 2.13. The number of sulfone groups is 1. The molecule has 1 atom stereocenters. The lowest BCUT2D eigenvalue weighted by Gasteiger charge is -2.11. The zero-order valence-electron chi connectivity index (χ0n) is 9.38. The van der Waals surface area contributed by atoms with E-state index in [1.807, 2.05) is 6.92 Å². The van der Waals surface area contributed by atoms with Crippen molar-refractivity contribution in [2.45, 2.75) is 13.0 Å². The maximum atomic E-state index is 11.0. The smallest absolute Gasteiger partial charge is 0.150 e. The molecule has 1 unspecified atom stereocenters. The van der Waals surface area contributed by atoms with Crippen LogP contribution in [-0.4, -0.2) is 32.1 Å². The summed E-state index contributed by atoms with van der Waals surface area (Å²) < 4.78 is 27.3. The van der Waals surface area contributed by atoms with Crippen LogP contribution in [0.25, 0.3) is 0 Å². The molecule has 0 spiro atoms. The Morgan fingerprint density at radius 2 is 2.12 bits per heavy atom. The summed E-state index contributed by atoms with van der Waals surface area (Å²) in [6.07, 6.45) is 0.0956. The van der Waals surface area contributed by atoms with E-state index in [0.717, 1.165) is 6.26 Å². The second-order valence-electron chi connectivity index (χ2n) is 3.61. The van der Waals surface area contributed by atoms with Crippen LogP contribution in [0.2, 0.25) is 0 Å². The van der Waals surface area contributed by atoms with Gasteiger partial charge in [0.2, 0.25) is 0 Å². The van der Waals surface area contributed by atoms with Gasteiger partial charge in [-0.05, 0) is 24.6 Å². The number of aliphatic hydroxyl groups excluding tert-OH is 1. The Labute approximate surface area is 95.8 Å². The summed E-state index contributed by atoms with van der Waals surface area (Å²) in [4.78, 5) is 0. The molecule has 5 heteroatoms. The molecule has 1 aromatic carbocycles. The van der Waals surface area contributed by atoms with Crippen molar-refractivity contribution in [3.8, 4) is 5.75 Å². The molecule has 0 amide bonds. The van der Waals surface area contributed by atoms with Crippen LogP contribution < -0.4 is 4.74 Å². The van der Waals surface area contributed by atoms with Gasteiger partial charge in [0.25, 0.3) is 0 Å². The van der Waals surface area contributed by atoms with E-state index in [0.29, 0.717) is 17.9 Å². The summed E-state index contributed by atoms with van der Waals surface area (Å²) in [5, 5.41) is 9.71. The minimum Gasteiger partial charge on any atom is -0.494 e. The molecule has 0 fully saturated rings. The summed E-state index contributed by atoms with van der Waals surface area (Å²) in [5.41, 5.74) is 0.552. The third kappa shape index (κ3) is 4.20. The third-order valence-electron chi connectivity index (χ3n) is 2.01. The SMILES string of the molecule is CCOc1cccc(C(O)CS(C)(=O)=O)c1. The largest absolute Gasteiger partial charge is 0.494 e. The van der Waals surface area contributed by atoms with Gasteiger partial charge >= 0.3 is 0 Å². The van der Waals surface area contributed by atoms with E-state index in [1.54, 1.807) is 24.3 Å². The predicted molar refractivity (Wildman–Crippen MR) is 62.3 cm³/mol. The third-order valence-corrected chi connectivity index (χ3v) is 2.94. The van der Waals surface area contributed by atoms with Crippen LogP contribution in [0, 0.1) is 0 Å². The topological polar surface area (TPSA) is 63.6 Å². The van der Waals surface area contributed by atoms with E-state index in [2.05, 4.69) is 0 Å². The Kier molecular flexibility index (Phi) is 4.32. The van der Waals surface area contributed by atoms with Gasteiger partial charge in [-0.3, -0.25) is 0 Å². The van der Waals surface area contributed by atoms with Gasteiger partial charge in [-0.2, -0.15) is 0 Å². The van der Waals surface area contributed by atoms with Crippen molar-refractivity contribution in [1.29, 1.82) is 0 Å². The minimum absolute atomic E-state index is 0.275. The number of aliphatic hydroxyl groups is 1. The standard InChI is InChI=1S/C11H16O4S/c1-3-15-10-6-4-5-9(7-10)11(12)8-16(2,13)14/h4-7,11-12H,3,8H2,1-2H3. The molecular formula is C11H16O4S. The first-order chi connectivity index (χ1) is 7.42. The predicted octanol–water partition coefficient (Wildman–Crippen LogP) is 1.16. The molecule has 1 aromatic rings. The molecule has 1 N–H and O–H groups in total. The number of hydrogen-bond acceptors (Lipinski definition) is 4. The van der Waals surface area contributed by atoms with Gasteiger partial charge in [-0.25, -0.2) is 8.42 Å². The molecular weight excluding hydrogens is 228 g/mol. The Morgan fingerprint density at radius 1 is 1.44 bits per heavy atom. The van der Waals surface area contributed by atoms with Gasteiger partial charge < -0.3 is 9.84 Å². The molecule has 0 aliphatic heterocycles. The van der Waals surface area contributed by atoms with Crippen LogP contribution in [0.3, 0.4) is 0 Å². The molecule has 0 heterocycles. The van der Waals surface area contributed by atoms with Gasteiger partial charge in [0.15, 0.2) is 0 Å². The molecule has 1 rings (SSSR count). The first-order valence-corrected chi connectivity index (χ1v) is 7.07. The van der Waals surface area contributed by atoms with E-state index < -0.39 is 15.9 Å². The van der Waals surface area contributed by atoms with Gasteiger partial charge in [0.1, 0.15) is 15.6 Å². The number of ether oxygens (including phenoxy) is 1. The molecule has 90 valence electrons. The highest BCUT2D eigenvalue weighted by Crippen LogP contribution is 2.20. The lowest BCUT2D eigenvalue weighted by molar-refractivity contribution is 0.201. The number of hydrogen-bond donors (Lipinski definition) is 1. The van der Waals surface area contributed by atoms with E-state index in [4.69, 9.17) is 4.74 Å². The Balaban J connectivity index is 2.83. The van der Waals surface area contributed by atoms with Crippen molar-refractivity contribution in [2.24, 2.45) is 0 Å². The van der Waals surface area contributed by atoms with Gasteiger partial charge in [-0.1, -0.05) is 12.1 Å². The Bertz CT molecular complexity index is 439. The Morgan fingerprint density at radius 3 is 2.69 bits per heavy atom.